The smallest absolute Gasteiger partial charge is 0.333 e. The summed E-state index contributed by atoms with van der Waals surface area (Å²) in [6.07, 6.45) is 0. The number of nitrogens with two attached hydrogens (primary N) is 1. The molecule has 0 aliphatic heterocycles. The van der Waals surface area contributed by atoms with Crippen LogP contribution in [-0.2, 0) is 0 Å². The van der Waals surface area contributed by atoms with Crippen LogP contribution in [0.3, 0.4) is 0 Å². The maximum atomic E-state index is 10.8. The Kier molecular flexibility index (Phi) is 2.84. The van der Waals surface area contributed by atoms with E-state index in [4.69, 9.17) is 5.73 Å². The molecule has 0 saturated heterocycles. The second-order valence-corrected chi connectivity index (χ2v) is 4.53. The lowest BCUT2D eigenvalue weighted by molar-refractivity contribution is -0.384. The normalized spacial score (nSPS) is 12.6. The lowest BCUT2D eigenvalue weighted by atomic mass is 10.2. The number of aryl methyl sites for hydroxylation is 1. The van der Waals surface area contributed by atoms with Crippen LogP contribution in [0.1, 0.15) is 24.2 Å². The first kappa shape index (κ1) is 11.6. The molecule has 0 aliphatic carbocycles. The van der Waals surface area contributed by atoms with Crippen molar-refractivity contribution in [3.05, 3.63) is 38.2 Å². The van der Waals surface area contributed by atoms with Gasteiger partial charge in [-0.2, -0.15) is 16.4 Å². The van der Waals surface area contributed by atoms with Crippen LogP contribution < -0.4 is 5.73 Å². The zero-order valence-electron chi connectivity index (χ0n) is 9.45. The fourth-order valence-corrected chi connectivity index (χ4v) is 2.48. The van der Waals surface area contributed by atoms with Gasteiger partial charge in [0.15, 0.2) is 0 Å². The van der Waals surface area contributed by atoms with E-state index in [0.29, 0.717) is 5.69 Å². The van der Waals surface area contributed by atoms with Crippen LogP contribution in [0, 0.1) is 17.0 Å². The van der Waals surface area contributed by atoms with Gasteiger partial charge in [-0.25, -0.2) is 4.68 Å². The van der Waals surface area contributed by atoms with Crippen LogP contribution in [0.5, 0.6) is 0 Å². The molecule has 2 heterocycles. The van der Waals surface area contributed by atoms with E-state index < -0.39 is 4.92 Å². The van der Waals surface area contributed by atoms with E-state index in [2.05, 4.69) is 5.10 Å². The van der Waals surface area contributed by atoms with Crippen LogP contribution in [0.25, 0.3) is 0 Å². The Hall–Kier alpha value is -1.89. The van der Waals surface area contributed by atoms with Crippen molar-refractivity contribution in [1.82, 2.24) is 9.78 Å². The molecule has 6 nitrogen and oxygen atoms in total. The maximum absolute atomic E-state index is 10.8. The van der Waals surface area contributed by atoms with Crippen molar-refractivity contribution < 1.29 is 4.92 Å². The average molecular weight is 252 g/mol. The van der Waals surface area contributed by atoms with Crippen LogP contribution >= 0.6 is 11.3 Å². The van der Waals surface area contributed by atoms with Gasteiger partial charge in [-0.05, 0) is 36.2 Å². The third-order valence-corrected chi connectivity index (χ3v) is 3.37. The molecule has 0 radical (unpaired) electrons. The van der Waals surface area contributed by atoms with Crippen LogP contribution in [-0.4, -0.2) is 14.7 Å². The van der Waals surface area contributed by atoms with Gasteiger partial charge in [0, 0.05) is 0 Å². The highest BCUT2D eigenvalue weighted by atomic mass is 32.1. The average Bonchev–Trinajstić information content (AvgIpc) is 2.85. The molecule has 7 heteroatoms. The summed E-state index contributed by atoms with van der Waals surface area (Å²) in [6.45, 7) is 3.50. The molecular weight excluding hydrogens is 240 g/mol. The minimum absolute atomic E-state index is 0.103. The molecule has 0 bridgehead atoms. The molecular formula is C10H12N4O2S. The summed E-state index contributed by atoms with van der Waals surface area (Å²) in [5, 5.41) is 18.9. The monoisotopic (exact) mass is 252 g/mol. The molecule has 90 valence electrons. The second-order valence-electron chi connectivity index (χ2n) is 3.75. The summed E-state index contributed by atoms with van der Waals surface area (Å²) in [5.74, 6) is 0.103. The number of hydrogen-bond donors (Lipinski definition) is 1. The molecule has 2 N–H and O–H groups in total. The van der Waals surface area contributed by atoms with Gasteiger partial charge in [0.25, 0.3) is 0 Å². The quantitative estimate of drug-likeness (QED) is 0.671. The second kappa shape index (κ2) is 4.17. The largest absolute Gasteiger partial charge is 0.378 e. The van der Waals surface area contributed by atoms with Crippen molar-refractivity contribution >= 4 is 22.8 Å². The Morgan fingerprint density at radius 1 is 1.65 bits per heavy atom. The van der Waals surface area contributed by atoms with Gasteiger partial charge in [-0.1, -0.05) is 0 Å². The lowest BCUT2D eigenvalue weighted by Gasteiger charge is -2.11. The Balaban J connectivity index is 2.47. The zero-order valence-corrected chi connectivity index (χ0v) is 10.3. The highest BCUT2D eigenvalue weighted by Crippen LogP contribution is 2.30. The van der Waals surface area contributed by atoms with Crippen molar-refractivity contribution in [3.8, 4) is 0 Å². The van der Waals surface area contributed by atoms with Gasteiger partial charge in [0.2, 0.25) is 5.82 Å². The topological polar surface area (TPSA) is 87.0 Å². The molecule has 0 aliphatic rings. The molecule has 1 atom stereocenters. The van der Waals surface area contributed by atoms with Crippen molar-refractivity contribution in [2.75, 3.05) is 5.73 Å². The number of hydrogen-bond acceptors (Lipinski definition) is 5. The minimum atomic E-state index is -0.492. The number of thiophene rings is 1. The molecule has 2 aromatic heterocycles. The highest BCUT2D eigenvalue weighted by molar-refractivity contribution is 7.07. The fourth-order valence-electron chi connectivity index (χ4n) is 1.73. The number of anilines is 1. The van der Waals surface area contributed by atoms with Crippen molar-refractivity contribution in [3.63, 3.8) is 0 Å². The first-order valence-corrected chi connectivity index (χ1v) is 5.97. The van der Waals surface area contributed by atoms with E-state index in [9.17, 15) is 10.1 Å². The molecule has 0 fully saturated rings. The molecule has 0 amide bonds. The van der Waals surface area contributed by atoms with Gasteiger partial charge in [-0.15, -0.1) is 0 Å². The number of nitrogens with zero attached hydrogens (tertiary/aromatic N) is 3. The molecule has 17 heavy (non-hydrogen) atoms. The van der Waals surface area contributed by atoms with Crippen molar-refractivity contribution in [2.24, 2.45) is 0 Å². The summed E-state index contributed by atoms with van der Waals surface area (Å²) in [5.41, 5.74) is 7.05. The van der Waals surface area contributed by atoms with Crippen molar-refractivity contribution in [2.45, 2.75) is 19.9 Å². The van der Waals surface area contributed by atoms with E-state index in [1.54, 1.807) is 18.3 Å². The number of nitro groups is 1. The van der Waals surface area contributed by atoms with Crippen LogP contribution in [0.15, 0.2) is 16.8 Å². The highest BCUT2D eigenvalue weighted by Gasteiger charge is 2.25. The maximum Gasteiger partial charge on any atom is 0.333 e. The van der Waals surface area contributed by atoms with Crippen LogP contribution in [0.2, 0.25) is 0 Å². The Morgan fingerprint density at radius 3 is 2.82 bits per heavy atom. The van der Waals surface area contributed by atoms with E-state index >= 15 is 0 Å². The first-order valence-electron chi connectivity index (χ1n) is 5.03. The van der Waals surface area contributed by atoms with Gasteiger partial charge in [0.05, 0.1) is 11.0 Å². The van der Waals surface area contributed by atoms with E-state index in [1.807, 2.05) is 23.8 Å². The third-order valence-electron chi connectivity index (χ3n) is 2.66. The Morgan fingerprint density at radius 2 is 2.35 bits per heavy atom. The van der Waals surface area contributed by atoms with Gasteiger partial charge in [-0.3, -0.25) is 10.1 Å². The predicted octanol–water partition coefficient (Wildman–Crippen LogP) is 2.35. The summed E-state index contributed by atoms with van der Waals surface area (Å²) in [7, 11) is 0. The fraction of sp³-hybridized carbons (Fsp3) is 0.300. The molecule has 0 aromatic carbocycles. The Labute approximate surface area is 102 Å². The molecule has 1 unspecified atom stereocenters. The SMILES string of the molecule is Cc1nn(C(C)c2ccsc2)c(N)c1[N+](=O)[O-]. The molecule has 0 spiro atoms. The summed E-state index contributed by atoms with van der Waals surface area (Å²) in [6, 6.07) is 1.85. The van der Waals surface area contributed by atoms with Crippen LogP contribution in [0.4, 0.5) is 11.5 Å². The summed E-state index contributed by atoms with van der Waals surface area (Å²) in [4.78, 5) is 10.3. The molecule has 0 saturated carbocycles. The number of aromatic nitrogens is 2. The predicted molar refractivity (Wildman–Crippen MR) is 66.2 cm³/mol. The zero-order chi connectivity index (χ0) is 12.6. The lowest BCUT2D eigenvalue weighted by Crippen LogP contribution is -2.11. The summed E-state index contributed by atoms with van der Waals surface area (Å²) < 4.78 is 1.50. The van der Waals surface area contributed by atoms with Gasteiger partial charge < -0.3 is 5.73 Å². The first-order chi connectivity index (χ1) is 8.02. The Bertz CT molecular complexity index is 547. The number of nitrogen functional groups attached to an aromatic ring is 1. The minimum Gasteiger partial charge on any atom is -0.378 e. The number of rotatable bonds is 3. The summed E-state index contributed by atoms with van der Waals surface area (Å²) >= 11 is 1.57. The van der Waals surface area contributed by atoms with E-state index in [-0.39, 0.29) is 17.5 Å². The van der Waals surface area contributed by atoms with Crippen molar-refractivity contribution in [1.29, 1.82) is 0 Å². The molecule has 2 aromatic rings. The van der Waals surface area contributed by atoms with Gasteiger partial charge in [0.1, 0.15) is 5.69 Å². The van der Waals surface area contributed by atoms with E-state index in [1.165, 1.54) is 4.68 Å². The third kappa shape index (κ3) is 1.89. The standard InChI is InChI=1S/C10H12N4O2S/c1-6-9(14(15)16)10(11)13(12-6)7(2)8-3-4-17-5-8/h3-5,7H,11H2,1-2H3. The van der Waals surface area contributed by atoms with Gasteiger partial charge >= 0.3 is 5.69 Å². The van der Waals surface area contributed by atoms with E-state index in [0.717, 1.165) is 5.56 Å². The molecule has 2 rings (SSSR count).